The van der Waals surface area contributed by atoms with Crippen molar-refractivity contribution in [3.8, 4) is 17.2 Å². The number of amides is 1. The van der Waals surface area contributed by atoms with Gasteiger partial charge in [-0.3, -0.25) is 4.79 Å². The highest BCUT2D eigenvalue weighted by atomic mass is 19.1. The van der Waals surface area contributed by atoms with Crippen molar-refractivity contribution in [2.24, 2.45) is 0 Å². The Morgan fingerprint density at radius 1 is 1.27 bits per heavy atom. The monoisotopic (exact) mass is 350 g/mol. The van der Waals surface area contributed by atoms with Crippen LogP contribution in [0.25, 0.3) is 21.9 Å². The molecule has 1 amide bonds. The van der Waals surface area contributed by atoms with Crippen molar-refractivity contribution < 1.29 is 9.18 Å². The minimum absolute atomic E-state index is 0.0804. The number of anilines is 1. The van der Waals surface area contributed by atoms with Crippen molar-refractivity contribution in [3.05, 3.63) is 47.8 Å². The normalized spacial score (nSPS) is 10.5. The van der Waals surface area contributed by atoms with Crippen molar-refractivity contribution in [2.45, 2.75) is 13.3 Å². The highest BCUT2D eigenvalue weighted by molar-refractivity contribution is 6.09. The second kappa shape index (κ2) is 7.11. The molecular formula is C18H15FN6O. The molecule has 0 spiro atoms. The van der Waals surface area contributed by atoms with E-state index in [-0.39, 0.29) is 34.0 Å². The van der Waals surface area contributed by atoms with E-state index in [1.165, 1.54) is 30.7 Å². The topological polar surface area (TPSA) is 118 Å². The third-order valence-corrected chi connectivity index (χ3v) is 3.93. The largest absolute Gasteiger partial charge is 0.396 e. The number of fused-ring (bicyclic) bond motifs is 1. The SMILES string of the molecule is CCCNC(=O)c1ncc2c(-c3cnncc3C#N)c(F)ccc2c1N. The van der Waals surface area contributed by atoms with Crippen LogP contribution in [0.1, 0.15) is 29.4 Å². The number of nitrogens with zero attached hydrogens (tertiary/aromatic N) is 4. The first-order chi connectivity index (χ1) is 12.6. The standard InChI is InChI=1S/C18H15FN6O/c1-2-5-22-18(26)17-16(21)11-3-4-14(19)15(13(11)8-23-17)12-9-25-24-7-10(12)6-20/h3-4,7-9H,2,5,21H2,1H3,(H,22,26). The van der Waals surface area contributed by atoms with Crippen molar-refractivity contribution in [1.29, 1.82) is 5.26 Å². The molecule has 0 aliphatic rings. The summed E-state index contributed by atoms with van der Waals surface area (Å²) in [6.07, 6.45) is 4.73. The maximum atomic E-state index is 14.6. The fraction of sp³-hybridized carbons (Fsp3) is 0.167. The Morgan fingerprint density at radius 2 is 2.04 bits per heavy atom. The number of nitrogen functional groups attached to an aromatic ring is 1. The number of carbonyl (C=O) groups is 1. The average Bonchev–Trinajstić information content (AvgIpc) is 2.66. The molecule has 0 bridgehead atoms. The van der Waals surface area contributed by atoms with Crippen molar-refractivity contribution in [2.75, 3.05) is 12.3 Å². The predicted molar refractivity (Wildman–Crippen MR) is 94.5 cm³/mol. The Labute approximate surface area is 148 Å². The first-order valence-electron chi connectivity index (χ1n) is 7.94. The Balaban J connectivity index is 2.24. The lowest BCUT2D eigenvalue weighted by atomic mass is 9.96. The Hall–Kier alpha value is -3.60. The quantitative estimate of drug-likeness (QED) is 0.746. The minimum Gasteiger partial charge on any atom is -0.396 e. The van der Waals surface area contributed by atoms with E-state index in [0.29, 0.717) is 17.3 Å². The number of halogens is 1. The van der Waals surface area contributed by atoms with E-state index in [0.717, 1.165) is 6.42 Å². The molecule has 0 aliphatic heterocycles. The number of nitrogens with one attached hydrogen (secondary N) is 1. The van der Waals surface area contributed by atoms with Crippen LogP contribution in [0.4, 0.5) is 10.1 Å². The molecule has 0 unspecified atom stereocenters. The van der Waals surface area contributed by atoms with Gasteiger partial charge in [-0.15, -0.1) is 0 Å². The van der Waals surface area contributed by atoms with Crippen molar-refractivity contribution in [3.63, 3.8) is 0 Å². The molecule has 2 aromatic heterocycles. The summed E-state index contributed by atoms with van der Waals surface area (Å²) in [5.41, 5.74) is 6.96. The van der Waals surface area contributed by atoms with E-state index >= 15 is 0 Å². The van der Waals surface area contributed by atoms with Gasteiger partial charge in [0, 0.05) is 34.6 Å². The fourth-order valence-corrected chi connectivity index (χ4v) is 2.67. The molecule has 0 saturated carbocycles. The second-order valence-corrected chi connectivity index (χ2v) is 5.59. The lowest BCUT2D eigenvalue weighted by molar-refractivity contribution is 0.0950. The molecular weight excluding hydrogens is 335 g/mol. The Morgan fingerprint density at radius 3 is 2.77 bits per heavy atom. The predicted octanol–water partition coefficient (Wildman–Crippen LogP) is 2.42. The molecule has 7 nitrogen and oxygen atoms in total. The molecule has 1 aromatic carbocycles. The molecule has 0 aliphatic carbocycles. The van der Waals surface area contributed by atoms with Gasteiger partial charge in [0.1, 0.15) is 11.9 Å². The summed E-state index contributed by atoms with van der Waals surface area (Å²) in [6, 6.07) is 4.70. The molecule has 130 valence electrons. The van der Waals surface area contributed by atoms with Gasteiger partial charge in [0.2, 0.25) is 0 Å². The van der Waals surface area contributed by atoms with Gasteiger partial charge < -0.3 is 11.1 Å². The number of hydrogen-bond acceptors (Lipinski definition) is 6. The van der Waals surface area contributed by atoms with Crippen LogP contribution in [0.2, 0.25) is 0 Å². The number of pyridine rings is 1. The van der Waals surface area contributed by atoms with Gasteiger partial charge in [0.25, 0.3) is 5.91 Å². The summed E-state index contributed by atoms with van der Waals surface area (Å²) in [5.74, 6) is -0.938. The first-order valence-corrected chi connectivity index (χ1v) is 7.94. The zero-order chi connectivity index (χ0) is 18.7. The Bertz CT molecular complexity index is 1040. The maximum absolute atomic E-state index is 14.6. The van der Waals surface area contributed by atoms with Crippen LogP contribution in [-0.2, 0) is 0 Å². The smallest absolute Gasteiger partial charge is 0.272 e. The van der Waals surface area contributed by atoms with Gasteiger partial charge in [0.15, 0.2) is 5.69 Å². The lowest BCUT2D eigenvalue weighted by Crippen LogP contribution is -2.26. The summed E-state index contributed by atoms with van der Waals surface area (Å²) < 4.78 is 14.6. The van der Waals surface area contributed by atoms with Crippen LogP contribution in [0.3, 0.4) is 0 Å². The van der Waals surface area contributed by atoms with Crippen LogP contribution >= 0.6 is 0 Å². The molecule has 0 atom stereocenters. The molecule has 2 heterocycles. The molecule has 3 N–H and O–H groups in total. The molecule has 26 heavy (non-hydrogen) atoms. The van der Waals surface area contributed by atoms with Crippen LogP contribution in [-0.4, -0.2) is 27.6 Å². The maximum Gasteiger partial charge on any atom is 0.272 e. The van der Waals surface area contributed by atoms with Crippen LogP contribution in [0, 0.1) is 17.1 Å². The van der Waals surface area contributed by atoms with Crippen LogP contribution in [0.15, 0.2) is 30.7 Å². The summed E-state index contributed by atoms with van der Waals surface area (Å²) in [6.45, 7) is 2.43. The van der Waals surface area contributed by atoms with E-state index in [2.05, 4.69) is 20.5 Å². The number of carbonyl (C=O) groups excluding carboxylic acids is 1. The highest BCUT2D eigenvalue weighted by Crippen LogP contribution is 2.35. The van der Waals surface area contributed by atoms with E-state index in [9.17, 15) is 14.4 Å². The lowest BCUT2D eigenvalue weighted by Gasteiger charge is -2.13. The number of aromatic nitrogens is 3. The molecule has 0 saturated heterocycles. The second-order valence-electron chi connectivity index (χ2n) is 5.59. The molecule has 3 rings (SSSR count). The number of nitrogens with two attached hydrogens (primary N) is 1. The minimum atomic E-state index is -0.550. The average molecular weight is 350 g/mol. The molecule has 8 heteroatoms. The van der Waals surface area contributed by atoms with Gasteiger partial charge in [-0.1, -0.05) is 6.92 Å². The van der Waals surface area contributed by atoms with Gasteiger partial charge in [-0.05, 0) is 18.6 Å². The zero-order valence-electron chi connectivity index (χ0n) is 14.0. The number of benzene rings is 1. The number of rotatable bonds is 4. The summed E-state index contributed by atoms with van der Waals surface area (Å²) in [4.78, 5) is 16.3. The van der Waals surface area contributed by atoms with Crippen LogP contribution < -0.4 is 11.1 Å². The van der Waals surface area contributed by atoms with Crippen molar-refractivity contribution in [1.82, 2.24) is 20.5 Å². The first kappa shape index (κ1) is 17.2. The third kappa shape index (κ3) is 2.91. The number of nitriles is 1. The van der Waals surface area contributed by atoms with Gasteiger partial charge in [-0.25, -0.2) is 9.37 Å². The van der Waals surface area contributed by atoms with E-state index in [4.69, 9.17) is 5.73 Å². The van der Waals surface area contributed by atoms with E-state index in [1.807, 2.05) is 13.0 Å². The third-order valence-electron chi connectivity index (χ3n) is 3.93. The van der Waals surface area contributed by atoms with Gasteiger partial charge >= 0.3 is 0 Å². The van der Waals surface area contributed by atoms with E-state index in [1.54, 1.807) is 0 Å². The van der Waals surface area contributed by atoms with Gasteiger partial charge in [0.05, 0.1) is 23.6 Å². The fourth-order valence-electron chi connectivity index (χ4n) is 2.67. The summed E-state index contributed by atoms with van der Waals surface area (Å²) in [5, 5.41) is 20.2. The highest BCUT2D eigenvalue weighted by Gasteiger charge is 2.19. The Kier molecular flexibility index (Phi) is 4.71. The van der Waals surface area contributed by atoms with Gasteiger partial charge in [-0.2, -0.15) is 15.5 Å². The van der Waals surface area contributed by atoms with Crippen LogP contribution in [0.5, 0.6) is 0 Å². The van der Waals surface area contributed by atoms with Crippen molar-refractivity contribution >= 4 is 22.4 Å². The summed E-state index contributed by atoms with van der Waals surface area (Å²) in [7, 11) is 0. The molecule has 0 radical (unpaired) electrons. The molecule has 3 aromatic rings. The number of hydrogen-bond donors (Lipinski definition) is 2. The molecule has 0 fully saturated rings. The zero-order valence-corrected chi connectivity index (χ0v) is 14.0. The van der Waals surface area contributed by atoms with E-state index < -0.39 is 5.82 Å². The summed E-state index contributed by atoms with van der Waals surface area (Å²) >= 11 is 0.